The summed E-state index contributed by atoms with van der Waals surface area (Å²) in [6.07, 6.45) is 3.16. The Morgan fingerprint density at radius 3 is 2.71 bits per heavy atom. The molecule has 0 aromatic carbocycles. The van der Waals surface area contributed by atoms with Crippen LogP contribution in [0.15, 0.2) is 24.5 Å². The highest BCUT2D eigenvalue weighted by atomic mass is 32.1. The van der Waals surface area contributed by atoms with Gasteiger partial charge in [-0.15, -0.1) is 11.3 Å². The number of nitrogens with one attached hydrogen (secondary N) is 1. The summed E-state index contributed by atoms with van der Waals surface area (Å²) in [7, 11) is 0. The third kappa shape index (κ3) is 5.19. The zero-order valence-corrected chi connectivity index (χ0v) is 15.2. The van der Waals surface area contributed by atoms with Gasteiger partial charge in [0.2, 0.25) is 5.88 Å². The second-order valence-electron chi connectivity index (χ2n) is 6.55. The molecule has 0 aliphatic carbocycles. The van der Waals surface area contributed by atoms with E-state index in [-0.39, 0.29) is 5.92 Å². The van der Waals surface area contributed by atoms with Crippen molar-refractivity contribution in [2.24, 2.45) is 5.92 Å². The number of hydrogen-bond donors (Lipinski definition) is 2. The highest BCUT2D eigenvalue weighted by molar-refractivity contribution is 7.15. The lowest BCUT2D eigenvalue weighted by Crippen LogP contribution is -2.44. The van der Waals surface area contributed by atoms with Crippen LogP contribution in [0.5, 0.6) is 5.88 Å². The number of aromatic nitrogens is 2. The summed E-state index contributed by atoms with van der Waals surface area (Å²) in [5.74, 6) is 0.833. The summed E-state index contributed by atoms with van der Waals surface area (Å²) < 4.78 is 5.86. The Morgan fingerprint density at radius 2 is 2.08 bits per heavy atom. The third-order valence-electron chi connectivity index (χ3n) is 3.49. The molecule has 0 bridgehead atoms. The normalized spacial score (nSPS) is 12.7. The number of carbonyl (C=O) groups is 1. The van der Waals surface area contributed by atoms with Crippen molar-refractivity contribution >= 4 is 17.4 Å². The van der Waals surface area contributed by atoms with Crippen LogP contribution in [0, 0.1) is 12.8 Å². The minimum atomic E-state index is -1.01. The molecule has 2 aromatic rings. The van der Waals surface area contributed by atoms with Gasteiger partial charge in [0.25, 0.3) is 0 Å². The van der Waals surface area contributed by atoms with E-state index in [0.29, 0.717) is 18.9 Å². The topological polar surface area (TPSA) is 84.3 Å². The monoisotopic (exact) mass is 349 g/mol. The number of nitrogens with zero attached hydrogens (tertiary/aromatic N) is 2. The maximum Gasteiger partial charge on any atom is 0.405 e. The van der Waals surface area contributed by atoms with Gasteiger partial charge in [-0.3, -0.25) is 4.98 Å². The van der Waals surface area contributed by atoms with Crippen LogP contribution >= 0.6 is 11.3 Å². The lowest BCUT2D eigenvalue weighted by atomic mass is 9.92. The predicted octanol–water partition coefficient (Wildman–Crippen LogP) is 3.96. The van der Waals surface area contributed by atoms with Crippen molar-refractivity contribution < 1.29 is 14.6 Å². The Hall–Kier alpha value is -2.15. The van der Waals surface area contributed by atoms with E-state index in [2.05, 4.69) is 15.3 Å². The SMILES string of the molecule is Cc1sc(-c2ccncc2)nc1OC[C@@H](C)CC(C)(C)NC(=O)O. The zero-order valence-electron chi connectivity index (χ0n) is 14.4. The highest BCUT2D eigenvalue weighted by Crippen LogP contribution is 2.31. The largest absolute Gasteiger partial charge is 0.477 e. The summed E-state index contributed by atoms with van der Waals surface area (Å²) in [4.78, 5) is 20.4. The highest BCUT2D eigenvalue weighted by Gasteiger charge is 2.23. The van der Waals surface area contributed by atoms with Gasteiger partial charge in [-0.05, 0) is 45.2 Å². The molecule has 0 saturated carbocycles. The van der Waals surface area contributed by atoms with Gasteiger partial charge in [-0.2, -0.15) is 0 Å². The molecule has 130 valence electrons. The van der Waals surface area contributed by atoms with Crippen molar-refractivity contribution in [3.8, 4) is 16.5 Å². The van der Waals surface area contributed by atoms with Crippen LogP contribution in [0.25, 0.3) is 10.6 Å². The first kappa shape index (κ1) is 18.2. The molecule has 2 rings (SSSR count). The Labute approximate surface area is 145 Å². The molecule has 24 heavy (non-hydrogen) atoms. The van der Waals surface area contributed by atoms with Crippen molar-refractivity contribution in [3.05, 3.63) is 29.4 Å². The number of carboxylic acid groups (broad SMARTS) is 1. The van der Waals surface area contributed by atoms with Gasteiger partial charge < -0.3 is 15.2 Å². The van der Waals surface area contributed by atoms with Gasteiger partial charge in [-0.1, -0.05) is 6.92 Å². The number of pyridine rings is 1. The van der Waals surface area contributed by atoms with E-state index in [1.807, 2.05) is 39.8 Å². The van der Waals surface area contributed by atoms with Gasteiger partial charge in [0, 0.05) is 23.5 Å². The van der Waals surface area contributed by atoms with Crippen molar-refractivity contribution in [1.82, 2.24) is 15.3 Å². The van der Waals surface area contributed by atoms with E-state index < -0.39 is 11.6 Å². The smallest absolute Gasteiger partial charge is 0.405 e. The number of aryl methyl sites for hydroxylation is 1. The van der Waals surface area contributed by atoms with Gasteiger partial charge in [0.15, 0.2) is 0 Å². The third-order valence-corrected chi connectivity index (χ3v) is 4.49. The molecule has 0 aliphatic heterocycles. The fourth-order valence-corrected chi connectivity index (χ4v) is 3.49. The summed E-state index contributed by atoms with van der Waals surface area (Å²) in [6, 6.07) is 3.84. The Morgan fingerprint density at radius 1 is 1.42 bits per heavy atom. The molecule has 0 saturated heterocycles. The van der Waals surface area contributed by atoms with Crippen LogP contribution in [-0.4, -0.2) is 33.3 Å². The first-order valence-corrected chi connectivity index (χ1v) is 8.60. The standard InChI is InChI=1S/C17H23N3O3S/c1-11(9-17(3,4)20-16(21)22)10-23-14-12(2)24-15(19-14)13-5-7-18-8-6-13/h5-8,11,20H,9-10H2,1-4H3,(H,21,22)/t11-/m0/s1. The van der Waals surface area contributed by atoms with E-state index >= 15 is 0 Å². The van der Waals surface area contributed by atoms with Gasteiger partial charge in [0.1, 0.15) is 5.01 Å². The Kier molecular flexibility index (Phi) is 5.77. The van der Waals surface area contributed by atoms with E-state index in [1.165, 1.54) is 0 Å². The molecule has 1 amide bonds. The molecule has 0 spiro atoms. The first-order chi connectivity index (χ1) is 11.3. The molecule has 0 aliphatic rings. The van der Waals surface area contributed by atoms with Crippen molar-refractivity contribution in [2.45, 2.75) is 39.7 Å². The number of ether oxygens (including phenoxy) is 1. The van der Waals surface area contributed by atoms with Crippen LogP contribution in [0.2, 0.25) is 0 Å². The van der Waals surface area contributed by atoms with Crippen LogP contribution in [0.3, 0.4) is 0 Å². The van der Waals surface area contributed by atoms with Crippen LogP contribution < -0.4 is 10.1 Å². The van der Waals surface area contributed by atoms with E-state index in [0.717, 1.165) is 15.4 Å². The average molecular weight is 349 g/mol. The molecule has 1 atom stereocenters. The molecule has 6 nitrogen and oxygen atoms in total. The van der Waals surface area contributed by atoms with Crippen molar-refractivity contribution in [2.75, 3.05) is 6.61 Å². The fraction of sp³-hybridized carbons (Fsp3) is 0.471. The molecule has 2 aromatic heterocycles. The van der Waals surface area contributed by atoms with Gasteiger partial charge in [0.05, 0.1) is 11.5 Å². The van der Waals surface area contributed by atoms with Crippen molar-refractivity contribution in [1.29, 1.82) is 0 Å². The number of thiazole rings is 1. The summed E-state index contributed by atoms with van der Waals surface area (Å²) in [6.45, 7) is 8.25. The van der Waals surface area contributed by atoms with Crippen LogP contribution in [0.4, 0.5) is 4.79 Å². The lowest BCUT2D eigenvalue weighted by molar-refractivity contribution is 0.168. The zero-order chi connectivity index (χ0) is 17.7. The van der Waals surface area contributed by atoms with Gasteiger partial charge >= 0.3 is 6.09 Å². The summed E-state index contributed by atoms with van der Waals surface area (Å²) in [5.41, 5.74) is 0.529. The molecule has 7 heteroatoms. The van der Waals surface area contributed by atoms with E-state index in [1.54, 1.807) is 23.7 Å². The molecule has 0 unspecified atom stereocenters. The average Bonchev–Trinajstić information content (AvgIpc) is 2.85. The van der Waals surface area contributed by atoms with Gasteiger partial charge in [-0.25, -0.2) is 9.78 Å². The summed E-state index contributed by atoms with van der Waals surface area (Å²) in [5, 5.41) is 12.3. The second-order valence-corrected chi connectivity index (χ2v) is 7.75. The van der Waals surface area contributed by atoms with Crippen LogP contribution in [0.1, 0.15) is 32.1 Å². The first-order valence-electron chi connectivity index (χ1n) is 7.78. The van der Waals surface area contributed by atoms with Crippen LogP contribution in [-0.2, 0) is 0 Å². The van der Waals surface area contributed by atoms with E-state index in [4.69, 9.17) is 9.84 Å². The minimum absolute atomic E-state index is 0.192. The Bertz CT molecular complexity index is 686. The van der Waals surface area contributed by atoms with E-state index in [9.17, 15) is 4.79 Å². The Balaban J connectivity index is 1.95. The minimum Gasteiger partial charge on any atom is -0.477 e. The second kappa shape index (κ2) is 7.61. The molecule has 2 N–H and O–H groups in total. The predicted molar refractivity (Wildman–Crippen MR) is 94.6 cm³/mol. The lowest BCUT2D eigenvalue weighted by Gasteiger charge is -2.27. The maximum atomic E-state index is 10.8. The van der Waals surface area contributed by atoms with Crippen molar-refractivity contribution in [3.63, 3.8) is 0 Å². The number of hydrogen-bond acceptors (Lipinski definition) is 5. The molecule has 0 radical (unpaired) electrons. The number of rotatable bonds is 7. The molecule has 2 heterocycles. The molecular formula is C17H23N3O3S. The summed E-state index contributed by atoms with van der Waals surface area (Å²) >= 11 is 1.59. The maximum absolute atomic E-state index is 10.8. The fourth-order valence-electron chi connectivity index (χ4n) is 2.63. The molecule has 0 fully saturated rings. The quantitative estimate of drug-likeness (QED) is 0.790. The molecular weight excluding hydrogens is 326 g/mol. The number of amides is 1.